The third kappa shape index (κ3) is 4.50. The van der Waals surface area contributed by atoms with E-state index in [0.29, 0.717) is 18.9 Å². The zero-order valence-electron chi connectivity index (χ0n) is 14.8. The number of likely N-dealkylation sites (tertiary alicyclic amines) is 2. The molecule has 0 spiro atoms. The average Bonchev–Trinajstić information content (AvgIpc) is 2.62. The molecule has 2 aliphatic heterocycles. The summed E-state index contributed by atoms with van der Waals surface area (Å²) in [6.07, 6.45) is 3.22. The Balaban J connectivity index is 1.46. The molecule has 1 aromatic carbocycles. The first-order valence-electron chi connectivity index (χ1n) is 9.06. The lowest BCUT2D eigenvalue weighted by Gasteiger charge is -2.44. The van der Waals surface area contributed by atoms with Crippen LogP contribution in [0.15, 0.2) is 24.3 Å². The number of hydrogen-bond donors (Lipinski definition) is 1. The molecule has 6 heteroatoms. The average molecular weight is 350 g/mol. The van der Waals surface area contributed by atoms with Crippen molar-refractivity contribution in [1.82, 2.24) is 9.80 Å². The lowest BCUT2D eigenvalue weighted by molar-refractivity contribution is -0.130. The molecule has 0 saturated carbocycles. The summed E-state index contributed by atoms with van der Waals surface area (Å²) in [5.41, 5.74) is -0.904. The fourth-order valence-electron chi connectivity index (χ4n) is 3.77. The summed E-state index contributed by atoms with van der Waals surface area (Å²) in [6.45, 7) is 4.99. The van der Waals surface area contributed by atoms with E-state index < -0.39 is 11.4 Å². The Labute approximate surface area is 148 Å². The van der Waals surface area contributed by atoms with Gasteiger partial charge in [0.15, 0.2) is 11.6 Å². The number of carbonyl (C=O) groups excluding carboxylic acids is 1. The maximum atomic E-state index is 13.6. The third-order valence-corrected chi connectivity index (χ3v) is 5.49. The molecule has 2 aliphatic rings. The van der Waals surface area contributed by atoms with Gasteiger partial charge in [0, 0.05) is 39.1 Å². The molecule has 2 saturated heterocycles. The fourth-order valence-corrected chi connectivity index (χ4v) is 3.77. The SMILES string of the molecule is CC(=O)N1CCC(N2CCC(O)(COc3ccccc3F)CC2)CC1. The molecule has 0 aromatic heterocycles. The van der Waals surface area contributed by atoms with Gasteiger partial charge in [0.2, 0.25) is 5.91 Å². The van der Waals surface area contributed by atoms with Crippen LogP contribution >= 0.6 is 0 Å². The highest BCUT2D eigenvalue weighted by Gasteiger charge is 2.36. The molecular formula is C19H27FN2O3. The maximum Gasteiger partial charge on any atom is 0.219 e. The first-order chi connectivity index (χ1) is 12.0. The standard InChI is InChI=1S/C19H27FN2O3/c1-15(23)21-10-6-16(7-11-21)22-12-8-19(24,9-13-22)14-25-18-5-3-2-4-17(18)20/h2-5,16,24H,6-14H2,1H3. The molecule has 25 heavy (non-hydrogen) atoms. The predicted molar refractivity (Wildman–Crippen MR) is 92.9 cm³/mol. The third-order valence-electron chi connectivity index (χ3n) is 5.49. The maximum absolute atomic E-state index is 13.6. The Hall–Kier alpha value is -1.66. The number of amides is 1. The van der Waals surface area contributed by atoms with Crippen LogP contribution in [0.1, 0.15) is 32.6 Å². The number of benzene rings is 1. The number of para-hydroxylation sites is 1. The minimum absolute atomic E-state index is 0.116. The minimum atomic E-state index is -0.904. The quantitative estimate of drug-likeness (QED) is 0.903. The molecule has 1 N–H and O–H groups in total. The molecule has 0 aliphatic carbocycles. The Morgan fingerprint density at radius 1 is 1.24 bits per heavy atom. The van der Waals surface area contributed by atoms with Gasteiger partial charge in [-0.1, -0.05) is 12.1 Å². The fraction of sp³-hybridized carbons (Fsp3) is 0.632. The Morgan fingerprint density at radius 3 is 2.48 bits per heavy atom. The van der Waals surface area contributed by atoms with E-state index in [9.17, 15) is 14.3 Å². The number of piperidine rings is 2. The number of aliphatic hydroxyl groups is 1. The van der Waals surface area contributed by atoms with Crippen LogP contribution in [0.5, 0.6) is 5.75 Å². The summed E-state index contributed by atoms with van der Waals surface area (Å²) >= 11 is 0. The number of nitrogens with zero attached hydrogens (tertiary/aromatic N) is 2. The molecular weight excluding hydrogens is 323 g/mol. The van der Waals surface area contributed by atoms with Crippen LogP contribution in [0, 0.1) is 5.82 Å². The normalized spacial score (nSPS) is 22.0. The minimum Gasteiger partial charge on any atom is -0.488 e. The molecule has 1 aromatic rings. The van der Waals surface area contributed by atoms with Gasteiger partial charge in [-0.05, 0) is 37.8 Å². The van der Waals surface area contributed by atoms with E-state index in [-0.39, 0.29) is 18.3 Å². The summed E-state index contributed by atoms with van der Waals surface area (Å²) in [4.78, 5) is 15.7. The van der Waals surface area contributed by atoms with Crippen LogP contribution in [0.2, 0.25) is 0 Å². The van der Waals surface area contributed by atoms with Crippen molar-refractivity contribution in [1.29, 1.82) is 0 Å². The number of carbonyl (C=O) groups is 1. The number of ether oxygens (including phenoxy) is 1. The second-order valence-corrected chi connectivity index (χ2v) is 7.22. The van der Waals surface area contributed by atoms with Crippen LogP contribution in [0.4, 0.5) is 4.39 Å². The summed E-state index contributed by atoms with van der Waals surface area (Å²) in [6, 6.07) is 6.75. The lowest BCUT2D eigenvalue weighted by atomic mass is 9.90. The molecule has 5 nitrogen and oxygen atoms in total. The van der Waals surface area contributed by atoms with E-state index in [4.69, 9.17) is 4.74 Å². The van der Waals surface area contributed by atoms with Crippen molar-refractivity contribution in [2.45, 2.75) is 44.2 Å². The van der Waals surface area contributed by atoms with Crippen molar-refractivity contribution in [3.05, 3.63) is 30.1 Å². The van der Waals surface area contributed by atoms with Crippen LogP contribution in [-0.4, -0.2) is 65.2 Å². The van der Waals surface area contributed by atoms with Crippen LogP contribution in [-0.2, 0) is 4.79 Å². The Bertz CT molecular complexity index is 594. The summed E-state index contributed by atoms with van der Waals surface area (Å²) in [7, 11) is 0. The lowest BCUT2D eigenvalue weighted by Crippen LogP contribution is -2.53. The molecule has 0 radical (unpaired) electrons. The van der Waals surface area contributed by atoms with E-state index in [1.165, 1.54) is 6.07 Å². The molecule has 138 valence electrons. The van der Waals surface area contributed by atoms with Gasteiger partial charge < -0.3 is 19.6 Å². The van der Waals surface area contributed by atoms with Crippen molar-refractivity contribution in [3.63, 3.8) is 0 Å². The smallest absolute Gasteiger partial charge is 0.219 e. The van der Waals surface area contributed by atoms with E-state index in [1.807, 2.05) is 4.90 Å². The second-order valence-electron chi connectivity index (χ2n) is 7.22. The van der Waals surface area contributed by atoms with Crippen molar-refractivity contribution in [3.8, 4) is 5.75 Å². The van der Waals surface area contributed by atoms with Crippen LogP contribution in [0.3, 0.4) is 0 Å². The van der Waals surface area contributed by atoms with Crippen molar-refractivity contribution >= 4 is 5.91 Å². The number of halogens is 1. The molecule has 3 rings (SSSR count). The number of hydrogen-bond acceptors (Lipinski definition) is 4. The van der Waals surface area contributed by atoms with Gasteiger partial charge in [0.25, 0.3) is 0 Å². The van der Waals surface area contributed by atoms with Crippen molar-refractivity contribution < 1.29 is 19.0 Å². The van der Waals surface area contributed by atoms with Crippen LogP contribution < -0.4 is 4.74 Å². The van der Waals surface area contributed by atoms with E-state index >= 15 is 0 Å². The van der Waals surface area contributed by atoms with Gasteiger partial charge in [-0.2, -0.15) is 0 Å². The monoisotopic (exact) mass is 350 g/mol. The predicted octanol–water partition coefficient (Wildman–Crippen LogP) is 2.04. The first-order valence-corrected chi connectivity index (χ1v) is 9.06. The van der Waals surface area contributed by atoms with Gasteiger partial charge >= 0.3 is 0 Å². The molecule has 2 heterocycles. The topological polar surface area (TPSA) is 53.0 Å². The van der Waals surface area contributed by atoms with E-state index in [1.54, 1.807) is 25.1 Å². The zero-order chi connectivity index (χ0) is 17.9. The van der Waals surface area contributed by atoms with Crippen molar-refractivity contribution in [2.75, 3.05) is 32.8 Å². The van der Waals surface area contributed by atoms with Gasteiger partial charge in [-0.25, -0.2) is 4.39 Å². The van der Waals surface area contributed by atoms with Gasteiger partial charge in [0.05, 0.1) is 0 Å². The highest BCUT2D eigenvalue weighted by atomic mass is 19.1. The zero-order valence-corrected chi connectivity index (χ0v) is 14.8. The molecule has 0 bridgehead atoms. The molecule has 0 atom stereocenters. The highest BCUT2D eigenvalue weighted by molar-refractivity contribution is 5.73. The largest absolute Gasteiger partial charge is 0.488 e. The Kier molecular flexibility index (Phi) is 5.59. The summed E-state index contributed by atoms with van der Waals surface area (Å²) in [5, 5.41) is 10.7. The highest BCUT2D eigenvalue weighted by Crippen LogP contribution is 2.28. The molecule has 0 unspecified atom stereocenters. The van der Waals surface area contributed by atoms with Gasteiger partial charge in [-0.15, -0.1) is 0 Å². The van der Waals surface area contributed by atoms with Gasteiger partial charge in [0.1, 0.15) is 12.2 Å². The molecule has 2 fully saturated rings. The van der Waals surface area contributed by atoms with Crippen molar-refractivity contribution in [2.24, 2.45) is 0 Å². The van der Waals surface area contributed by atoms with Gasteiger partial charge in [-0.3, -0.25) is 4.79 Å². The number of rotatable bonds is 4. The van der Waals surface area contributed by atoms with E-state index in [0.717, 1.165) is 39.0 Å². The Morgan fingerprint density at radius 2 is 1.88 bits per heavy atom. The second kappa shape index (κ2) is 7.70. The molecule has 1 amide bonds. The van der Waals surface area contributed by atoms with E-state index in [2.05, 4.69) is 4.90 Å². The first kappa shape index (κ1) is 18.1. The summed E-state index contributed by atoms with van der Waals surface area (Å²) < 4.78 is 19.1. The van der Waals surface area contributed by atoms with Crippen LogP contribution in [0.25, 0.3) is 0 Å². The summed E-state index contributed by atoms with van der Waals surface area (Å²) in [5.74, 6) is -0.0625.